The molecular weight excluding hydrogens is 690 g/mol. The minimum atomic E-state index is -3.79. The highest BCUT2D eigenvalue weighted by Gasteiger charge is 2.54. The molecule has 264 valence electrons. The van der Waals surface area contributed by atoms with E-state index < -0.39 is 26.9 Å². The summed E-state index contributed by atoms with van der Waals surface area (Å²) in [4.78, 5) is 18.2. The molecule has 5 heterocycles. The summed E-state index contributed by atoms with van der Waals surface area (Å²) in [5.74, 6) is -0.318. The van der Waals surface area contributed by atoms with E-state index in [4.69, 9.17) is 14.1 Å². The standard InChI is InChI=1S/C38H38FN5O5S2/c1-20(2)38(3)19-51(46,47)33-31(30(36-43-44-37(45)49-36)27(41-34(33)38)14-10-21-8-11-23(39)12-9-21)29-18-22-16-17-40-35(32(22)50-29)42-26-15-13-25-24(26)6-5-7-28(25)48-4/h5-9,11-12,16-18,20,26,31,41H,10,13-15,19H2,1-4H3,(H,40,42)(H,44,45)/t26-,31?,38?/m1/s1. The van der Waals surface area contributed by atoms with E-state index in [9.17, 15) is 17.6 Å². The number of fused-ring (bicyclic) bond motifs is 2. The Bertz CT molecular complexity index is 2410. The molecule has 2 unspecified atom stereocenters. The van der Waals surface area contributed by atoms with Gasteiger partial charge in [0.15, 0.2) is 9.84 Å². The van der Waals surface area contributed by atoms with Crippen LogP contribution in [0.2, 0.25) is 0 Å². The number of pyridine rings is 1. The van der Waals surface area contributed by atoms with Crippen molar-refractivity contribution >= 4 is 42.7 Å². The summed E-state index contributed by atoms with van der Waals surface area (Å²) in [7, 11) is -2.10. The molecule has 10 nitrogen and oxygen atoms in total. The van der Waals surface area contributed by atoms with Crippen molar-refractivity contribution in [1.82, 2.24) is 20.5 Å². The maximum atomic E-state index is 14.4. The van der Waals surface area contributed by atoms with E-state index in [2.05, 4.69) is 26.9 Å². The van der Waals surface area contributed by atoms with Crippen LogP contribution in [0.1, 0.15) is 73.0 Å². The van der Waals surface area contributed by atoms with E-state index in [1.165, 1.54) is 34.6 Å². The van der Waals surface area contributed by atoms with Crippen LogP contribution in [-0.2, 0) is 22.7 Å². The lowest BCUT2D eigenvalue weighted by Crippen LogP contribution is -2.36. The number of aromatic amines is 1. The third-order valence-electron chi connectivity index (χ3n) is 10.8. The van der Waals surface area contributed by atoms with Gasteiger partial charge in [0.25, 0.3) is 0 Å². The van der Waals surface area contributed by atoms with Crippen molar-refractivity contribution in [3.8, 4) is 5.75 Å². The van der Waals surface area contributed by atoms with Crippen molar-refractivity contribution in [2.75, 3.05) is 18.2 Å². The van der Waals surface area contributed by atoms with Gasteiger partial charge in [-0.1, -0.05) is 45.0 Å². The number of H-pyrrole nitrogens is 1. The quantitative estimate of drug-likeness (QED) is 0.143. The summed E-state index contributed by atoms with van der Waals surface area (Å²) in [6, 6.07) is 16.4. The molecule has 1 aliphatic carbocycles. The predicted octanol–water partition coefficient (Wildman–Crippen LogP) is 7.25. The van der Waals surface area contributed by atoms with Gasteiger partial charge >= 0.3 is 5.76 Å². The summed E-state index contributed by atoms with van der Waals surface area (Å²) >= 11 is 1.47. The number of ether oxygens (including phenoxy) is 1. The van der Waals surface area contributed by atoms with Crippen LogP contribution in [0.3, 0.4) is 0 Å². The first kappa shape index (κ1) is 33.4. The summed E-state index contributed by atoms with van der Waals surface area (Å²) in [5, 5.41) is 14.8. The molecule has 13 heteroatoms. The summed E-state index contributed by atoms with van der Waals surface area (Å²) < 4.78 is 54.6. The Kier molecular flexibility index (Phi) is 8.17. The van der Waals surface area contributed by atoms with E-state index in [0.29, 0.717) is 35.6 Å². The third kappa shape index (κ3) is 5.66. The first-order valence-electron chi connectivity index (χ1n) is 17.1. The Labute approximate surface area is 298 Å². The van der Waals surface area contributed by atoms with Crippen molar-refractivity contribution in [2.45, 2.75) is 58.4 Å². The largest absolute Gasteiger partial charge is 0.496 e. The summed E-state index contributed by atoms with van der Waals surface area (Å²) in [5.41, 5.74) is 4.41. The fourth-order valence-corrected chi connectivity index (χ4v) is 11.8. The molecule has 0 radical (unpaired) electrons. The Balaban J connectivity index is 1.28. The lowest BCUT2D eigenvalue weighted by molar-refractivity contribution is 0.303. The maximum absolute atomic E-state index is 14.4. The van der Waals surface area contributed by atoms with Crippen LogP contribution in [0.15, 0.2) is 86.3 Å². The van der Waals surface area contributed by atoms with E-state index in [0.717, 1.165) is 39.1 Å². The molecule has 3 N–H and O–H groups in total. The minimum absolute atomic E-state index is 0.00790. The van der Waals surface area contributed by atoms with Gasteiger partial charge in [0.2, 0.25) is 5.89 Å². The average molecular weight is 728 g/mol. The number of rotatable bonds is 9. The predicted molar refractivity (Wildman–Crippen MR) is 196 cm³/mol. The van der Waals surface area contributed by atoms with E-state index in [-0.39, 0.29) is 34.3 Å². The Morgan fingerprint density at radius 2 is 1.96 bits per heavy atom. The normalized spacial score (nSPS) is 22.4. The van der Waals surface area contributed by atoms with Crippen LogP contribution >= 0.6 is 11.3 Å². The van der Waals surface area contributed by atoms with Crippen LogP contribution in [0.25, 0.3) is 15.7 Å². The lowest BCUT2D eigenvalue weighted by Gasteiger charge is -2.36. The molecule has 2 aliphatic heterocycles. The lowest BCUT2D eigenvalue weighted by atomic mass is 9.74. The second kappa shape index (κ2) is 12.5. The molecule has 3 aliphatic rings. The number of allylic oxidation sites excluding steroid dienone is 4. The Morgan fingerprint density at radius 1 is 1.16 bits per heavy atom. The number of thiophene rings is 1. The van der Waals surface area contributed by atoms with Gasteiger partial charge in [0, 0.05) is 33.5 Å². The molecular formula is C38H38FN5O5S2. The average Bonchev–Trinajstić information content (AvgIpc) is 3.88. The zero-order chi connectivity index (χ0) is 35.7. The minimum Gasteiger partial charge on any atom is -0.496 e. The number of halogens is 1. The van der Waals surface area contributed by atoms with Crippen LogP contribution in [0.5, 0.6) is 5.75 Å². The summed E-state index contributed by atoms with van der Waals surface area (Å²) in [6.45, 7) is 6.06. The zero-order valence-electron chi connectivity index (χ0n) is 28.7. The number of anilines is 1. The number of hydrogen-bond donors (Lipinski definition) is 3. The molecule has 3 atom stereocenters. The molecule has 0 fully saturated rings. The molecule has 0 saturated heterocycles. The SMILES string of the molecule is COc1cccc2c1CC[C@H]2Nc1nccc2cc(C3C(c4n[nH]c(=O)o4)=C(CCc4ccc(F)cc4)NC4=C3S(=O)(=O)CC4(C)C(C)C)sc12. The molecule has 3 aromatic heterocycles. The van der Waals surface area contributed by atoms with Crippen LogP contribution < -0.4 is 21.1 Å². The molecule has 8 rings (SSSR count). The highest BCUT2D eigenvalue weighted by atomic mass is 32.2. The third-order valence-corrected chi connectivity index (χ3v) is 14.1. The molecule has 51 heavy (non-hydrogen) atoms. The van der Waals surface area contributed by atoms with Crippen molar-refractivity contribution in [2.24, 2.45) is 11.3 Å². The fraction of sp³-hybridized carbons (Fsp3) is 0.342. The van der Waals surface area contributed by atoms with Crippen LogP contribution in [0.4, 0.5) is 10.2 Å². The van der Waals surface area contributed by atoms with Gasteiger partial charge in [0.1, 0.15) is 17.4 Å². The number of aryl methyl sites for hydroxylation is 1. The Morgan fingerprint density at radius 3 is 2.69 bits per heavy atom. The van der Waals surface area contributed by atoms with Gasteiger partial charge < -0.3 is 19.8 Å². The highest BCUT2D eigenvalue weighted by Crippen LogP contribution is 2.57. The van der Waals surface area contributed by atoms with Gasteiger partial charge in [-0.15, -0.1) is 16.4 Å². The monoisotopic (exact) mass is 727 g/mol. The molecule has 2 aromatic carbocycles. The van der Waals surface area contributed by atoms with Crippen molar-refractivity contribution in [3.05, 3.63) is 121 Å². The first-order valence-corrected chi connectivity index (χ1v) is 19.5. The number of benzene rings is 2. The molecule has 0 amide bonds. The van der Waals surface area contributed by atoms with Crippen molar-refractivity contribution in [1.29, 1.82) is 0 Å². The van der Waals surface area contributed by atoms with Gasteiger partial charge in [0.05, 0.1) is 34.4 Å². The molecule has 0 bridgehead atoms. The first-order chi connectivity index (χ1) is 24.5. The van der Waals surface area contributed by atoms with E-state index in [1.807, 2.05) is 45.0 Å². The second-order valence-electron chi connectivity index (χ2n) is 14.1. The second-order valence-corrected chi connectivity index (χ2v) is 17.1. The number of hydrogen-bond acceptors (Lipinski definition) is 10. The van der Waals surface area contributed by atoms with E-state index in [1.54, 1.807) is 25.4 Å². The maximum Gasteiger partial charge on any atom is 0.434 e. The molecule has 0 saturated carbocycles. The molecule has 5 aromatic rings. The molecule has 0 spiro atoms. The summed E-state index contributed by atoms with van der Waals surface area (Å²) in [6.07, 6.45) is 4.48. The number of aromatic nitrogens is 3. The van der Waals surface area contributed by atoms with Gasteiger partial charge in [-0.05, 0) is 84.0 Å². The number of sulfone groups is 1. The number of dihydropyridines is 1. The topological polar surface area (TPSA) is 139 Å². The van der Waals surface area contributed by atoms with E-state index >= 15 is 0 Å². The number of nitrogens with zero attached hydrogens (tertiary/aromatic N) is 2. The van der Waals surface area contributed by atoms with Crippen molar-refractivity contribution in [3.63, 3.8) is 0 Å². The van der Waals surface area contributed by atoms with Gasteiger partial charge in [-0.3, -0.25) is 0 Å². The van der Waals surface area contributed by atoms with Gasteiger partial charge in [-0.2, -0.15) is 0 Å². The highest BCUT2D eigenvalue weighted by molar-refractivity contribution is 7.95. The van der Waals surface area contributed by atoms with Crippen LogP contribution in [0, 0.1) is 17.2 Å². The zero-order valence-corrected chi connectivity index (χ0v) is 30.3. The number of nitrogens with one attached hydrogen (secondary N) is 3. The smallest absolute Gasteiger partial charge is 0.434 e. The Hall–Kier alpha value is -4.75. The van der Waals surface area contributed by atoms with Crippen molar-refractivity contribution < 1.29 is 22.0 Å². The number of methoxy groups -OCH3 is 1. The van der Waals surface area contributed by atoms with Gasteiger partial charge in [-0.25, -0.2) is 27.7 Å². The van der Waals surface area contributed by atoms with Crippen LogP contribution in [-0.4, -0.2) is 36.5 Å². The fourth-order valence-electron chi connectivity index (χ4n) is 7.83.